The molecule has 0 saturated carbocycles. The molecule has 0 spiro atoms. The number of anilines is 1. The fourth-order valence-electron chi connectivity index (χ4n) is 3.15. The molecule has 7 heteroatoms. The lowest BCUT2D eigenvalue weighted by Crippen LogP contribution is -2.14. The minimum Gasteiger partial charge on any atom is -0.463 e. The van der Waals surface area contributed by atoms with E-state index in [0.29, 0.717) is 23.7 Å². The van der Waals surface area contributed by atoms with Crippen molar-refractivity contribution in [2.75, 3.05) is 5.32 Å². The van der Waals surface area contributed by atoms with Crippen molar-refractivity contribution in [1.29, 1.82) is 0 Å². The highest BCUT2D eigenvalue weighted by atomic mass is 16.3. The van der Waals surface area contributed by atoms with Crippen LogP contribution in [0.25, 0.3) is 11.5 Å². The van der Waals surface area contributed by atoms with Gasteiger partial charge in [-0.25, -0.2) is 0 Å². The monoisotopic (exact) mass is 375 g/mol. The van der Waals surface area contributed by atoms with Gasteiger partial charge in [0.25, 0.3) is 5.91 Å². The molecule has 0 aliphatic heterocycles. The number of aromatic amines is 1. The van der Waals surface area contributed by atoms with Gasteiger partial charge in [-0.1, -0.05) is 24.3 Å². The third-order valence-electron chi connectivity index (χ3n) is 4.80. The normalized spacial score (nSPS) is 11.0. The largest absolute Gasteiger partial charge is 0.463 e. The first-order chi connectivity index (χ1) is 13.5. The first-order valence-electron chi connectivity index (χ1n) is 9.02. The molecule has 3 heterocycles. The van der Waals surface area contributed by atoms with Crippen LogP contribution < -0.4 is 5.32 Å². The fraction of sp³-hybridized carbons (Fsp3) is 0.190. The van der Waals surface area contributed by atoms with Gasteiger partial charge in [-0.3, -0.25) is 14.6 Å². The van der Waals surface area contributed by atoms with Crippen LogP contribution in [0, 0.1) is 20.8 Å². The van der Waals surface area contributed by atoms with Crippen molar-refractivity contribution in [3.8, 4) is 11.5 Å². The number of aryl methyl sites for hydroxylation is 2. The topological polar surface area (TPSA) is 88.7 Å². The third-order valence-corrected chi connectivity index (χ3v) is 4.80. The smallest absolute Gasteiger partial charge is 0.276 e. The van der Waals surface area contributed by atoms with Crippen LogP contribution in [-0.2, 0) is 6.54 Å². The van der Waals surface area contributed by atoms with E-state index in [1.54, 1.807) is 24.5 Å². The highest BCUT2D eigenvalue weighted by Crippen LogP contribution is 2.23. The highest BCUT2D eigenvalue weighted by Gasteiger charge is 2.18. The SMILES string of the molecule is Cc1ccccc1Cn1nc(C)c(NC(=O)c2cc(-c3ccco3)[nH]n2)c1C. The number of amides is 1. The zero-order valence-electron chi connectivity index (χ0n) is 16.0. The van der Waals surface area contributed by atoms with Gasteiger partial charge in [0.15, 0.2) is 11.5 Å². The van der Waals surface area contributed by atoms with Crippen LogP contribution in [0.2, 0.25) is 0 Å². The molecule has 7 nitrogen and oxygen atoms in total. The highest BCUT2D eigenvalue weighted by molar-refractivity contribution is 6.04. The molecule has 0 atom stereocenters. The second-order valence-electron chi connectivity index (χ2n) is 6.73. The van der Waals surface area contributed by atoms with Gasteiger partial charge in [-0.2, -0.15) is 10.2 Å². The molecule has 142 valence electrons. The summed E-state index contributed by atoms with van der Waals surface area (Å²) in [4.78, 5) is 12.7. The molecule has 4 aromatic rings. The Balaban J connectivity index is 1.54. The van der Waals surface area contributed by atoms with Crippen LogP contribution in [0.3, 0.4) is 0 Å². The lowest BCUT2D eigenvalue weighted by atomic mass is 10.1. The van der Waals surface area contributed by atoms with Crippen molar-refractivity contribution in [3.63, 3.8) is 0 Å². The zero-order chi connectivity index (χ0) is 19.7. The molecule has 1 amide bonds. The molecule has 0 unspecified atom stereocenters. The minimum atomic E-state index is -0.296. The molecule has 0 radical (unpaired) electrons. The lowest BCUT2D eigenvalue weighted by molar-refractivity contribution is 0.102. The predicted octanol–water partition coefficient (Wildman–Crippen LogP) is 4.09. The molecular formula is C21H21N5O2. The molecule has 0 aliphatic rings. The standard InChI is InChI=1S/C21H21N5O2/c1-13-7-4-5-8-16(13)12-26-15(3)20(14(2)25-26)22-21(27)18-11-17(23-24-18)19-9-6-10-28-19/h4-11H,12H2,1-3H3,(H,22,27)(H,23,24). The van der Waals surface area contributed by atoms with Gasteiger partial charge in [0.1, 0.15) is 5.69 Å². The number of aromatic nitrogens is 4. The Morgan fingerprint density at radius 1 is 1.18 bits per heavy atom. The Kier molecular flexibility index (Phi) is 4.57. The molecule has 0 fully saturated rings. The number of rotatable bonds is 5. The molecule has 4 rings (SSSR count). The van der Waals surface area contributed by atoms with E-state index in [4.69, 9.17) is 4.42 Å². The van der Waals surface area contributed by atoms with E-state index < -0.39 is 0 Å². The zero-order valence-corrected chi connectivity index (χ0v) is 16.0. The number of hydrogen-bond acceptors (Lipinski definition) is 4. The summed E-state index contributed by atoms with van der Waals surface area (Å²) in [5.41, 5.74) is 5.72. The van der Waals surface area contributed by atoms with E-state index in [1.165, 1.54) is 11.1 Å². The van der Waals surface area contributed by atoms with Crippen molar-refractivity contribution in [3.05, 3.63) is 76.9 Å². The Morgan fingerprint density at radius 2 is 2.00 bits per heavy atom. The van der Waals surface area contributed by atoms with E-state index in [1.807, 2.05) is 30.7 Å². The number of furan rings is 1. The number of nitrogens with zero attached hydrogens (tertiary/aromatic N) is 3. The van der Waals surface area contributed by atoms with Crippen LogP contribution in [0.1, 0.15) is 33.0 Å². The maximum atomic E-state index is 12.7. The Labute approximate surface area is 162 Å². The second-order valence-corrected chi connectivity index (χ2v) is 6.73. The molecule has 1 aromatic carbocycles. The minimum absolute atomic E-state index is 0.289. The van der Waals surface area contributed by atoms with E-state index in [2.05, 4.69) is 39.7 Å². The van der Waals surface area contributed by atoms with Crippen molar-refractivity contribution in [1.82, 2.24) is 20.0 Å². The number of carbonyl (C=O) groups is 1. The number of benzene rings is 1. The summed E-state index contributed by atoms with van der Waals surface area (Å²) in [5.74, 6) is 0.334. The fourth-order valence-corrected chi connectivity index (χ4v) is 3.15. The van der Waals surface area contributed by atoms with E-state index >= 15 is 0 Å². The van der Waals surface area contributed by atoms with Gasteiger partial charge >= 0.3 is 0 Å². The summed E-state index contributed by atoms with van der Waals surface area (Å²) in [5, 5.41) is 14.4. The molecule has 2 N–H and O–H groups in total. The van der Waals surface area contributed by atoms with E-state index in [-0.39, 0.29) is 11.6 Å². The van der Waals surface area contributed by atoms with Crippen molar-refractivity contribution in [2.24, 2.45) is 0 Å². The average Bonchev–Trinajstić information content (AvgIpc) is 3.41. The van der Waals surface area contributed by atoms with Crippen molar-refractivity contribution < 1.29 is 9.21 Å². The van der Waals surface area contributed by atoms with Crippen LogP contribution in [0.15, 0.2) is 53.1 Å². The van der Waals surface area contributed by atoms with Crippen LogP contribution in [-0.4, -0.2) is 25.9 Å². The molecule has 3 aromatic heterocycles. The maximum absolute atomic E-state index is 12.7. The van der Waals surface area contributed by atoms with Crippen molar-refractivity contribution >= 4 is 11.6 Å². The molecule has 28 heavy (non-hydrogen) atoms. The number of nitrogens with one attached hydrogen (secondary N) is 2. The van der Waals surface area contributed by atoms with E-state index in [9.17, 15) is 4.79 Å². The molecule has 0 saturated heterocycles. The summed E-state index contributed by atoms with van der Waals surface area (Å²) < 4.78 is 7.23. The molecule has 0 aliphatic carbocycles. The average molecular weight is 375 g/mol. The Morgan fingerprint density at radius 3 is 2.75 bits per heavy atom. The number of hydrogen-bond donors (Lipinski definition) is 2. The quantitative estimate of drug-likeness (QED) is 0.550. The van der Waals surface area contributed by atoms with Crippen molar-refractivity contribution in [2.45, 2.75) is 27.3 Å². The summed E-state index contributed by atoms with van der Waals surface area (Å²) in [6.45, 7) is 6.57. The van der Waals surface area contributed by atoms with Crippen LogP contribution in [0.5, 0.6) is 0 Å². The summed E-state index contributed by atoms with van der Waals surface area (Å²) in [6, 6.07) is 13.5. The van der Waals surface area contributed by atoms with Gasteiger partial charge in [0, 0.05) is 6.07 Å². The predicted molar refractivity (Wildman–Crippen MR) is 106 cm³/mol. The maximum Gasteiger partial charge on any atom is 0.276 e. The number of H-pyrrole nitrogens is 1. The van der Waals surface area contributed by atoms with Crippen LogP contribution in [0.4, 0.5) is 5.69 Å². The third kappa shape index (κ3) is 3.34. The summed E-state index contributed by atoms with van der Waals surface area (Å²) in [6.07, 6.45) is 1.57. The molecule has 0 bridgehead atoms. The Hall–Kier alpha value is -3.61. The van der Waals surface area contributed by atoms with Gasteiger partial charge < -0.3 is 9.73 Å². The molecular weight excluding hydrogens is 354 g/mol. The first kappa shape index (κ1) is 17.8. The van der Waals surface area contributed by atoms with Gasteiger partial charge in [-0.05, 0) is 44.0 Å². The van der Waals surface area contributed by atoms with Crippen LogP contribution >= 0.6 is 0 Å². The summed E-state index contributed by atoms with van der Waals surface area (Å²) >= 11 is 0. The number of carbonyl (C=O) groups excluding carboxylic acids is 1. The Bertz CT molecular complexity index is 1120. The summed E-state index contributed by atoms with van der Waals surface area (Å²) in [7, 11) is 0. The lowest BCUT2D eigenvalue weighted by Gasteiger charge is -2.08. The van der Waals surface area contributed by atoms with Gasteiger partial charge in [0.05, 0.1) is 29.9 Å². The second kappa shape index (κ2) is 7.19. The van der Waals surface area contributed by atoms with Gasteiger partial charge in [0.2, 0.25) is 0 Å². The van der Waals surface area contributed by atoms with Gasteiger partial charge in [-0.15, -0.1) is 0 Å². The van der Waals surface area contributed by atoms with E-state index in [0.717, 1.165) is 11.4 Å². The first-order valence-corrected chi connectivity index (χ1v) is 9.02.